The van der Waals surface area contributed by atoms with Gasteiger partial charge < -0.3 is 9.32 Å². The van der Waals surface area contributed by atoms with Crippen molar-refractivity contribution in [1.82, 2.24) is 30.5 Å². The molecule has 0 atom stereocenters. The van der Waals surface area contributed by atoms with E-state index in [1.165, 1.54) is 0 Å². The van der Waals surface area contributed by atoms with Crippen LogP contribution in [0.25, 0.3) is 11.4 Å². The third-order valence-corrected chi connectivity index (χ3v) is 4.40. The highest BCUT2D eigenvalue weighted by molar-refractivity contribution is 6.00. The third-order valence-electron chi connectivity index (χ3n) is 4.40. The second-order valence-electron chi connectivity index (χ2n) is 7.40. The molecule has 2 aromatic heterocycles. The number of H-pyrrole nitrogens is 1. The zero-order chi connectivity index (χ0) is 18.3. The van der Waals surface area contributed by atoms with Crippen LogP contribution in [0, 0.1) is 0 Å². The molecule has 0 radical (unpaired) electrons. The Hall–Kier alpha value is -3.03. The molecule has 0 spiro atoms. The van der Waals surface area contributed by atoms with Crippen LogP contribution in [0.3, 0.4) is 0 Å². The normalized spacial score (nSPS) is 14.3. The zero-order valence-electron chi connectivity index (χ0n) is 15.0. The number of aromatic amines is 1. The second-order valence-corrected chi connectivity index (χ2v) is 7.40. The molecule has 1 aliphatic heterocycles. The van der Waals surface area contributed by atoms with Crippen molar-refractivity contribution < 1.29 is 9.21 Å². The topological polar surface area (TPSA) is 101 Å². The number of carbonyl (C=O) groups is 1. The number of hydrogen-bond acceptors (Lipinski definition) is 6. The van der Waals surface area contributed by atoms with Gasteiger partial charge in [-0.3, -0.25) is 4.79 Å². The van der Waals surface area contributed by atoms with Crippen LogP contribution in [-0.2, 0) is 18.4 Å². The van der Waals surface area contributed by atoms with E-state index in [0.717, 1.165) is 11.5 Å². The van der Waals surface area contributed by atoms with Crippen molar-refractivity contribution in [2.75, 3.05) is 6.54 Å². The summed E-state index contributed by atoms with van der Waals surface area (Å²) in [6, 6.07) is 7.29. The minimum atomic E-state index is -0.155. The molecule has 0 saturated heterocycles. The van der Waals surface area contributed by atoms with Gasteiger partial charge in [0.05, 0.1) is 12.1 Å². The molecule has 0 fully saturated rings. The van der Waals surface area contributed by atoms with Gasteiger partial charge in [0.1, 0.15) is 11.5 Å². The van der Waals surface area contributed by atoms with Crippen LogP contribution in [0.1, 0.15) is 48.5 Å². The van der Waals surface area contributed by atoms with Crippen LogP contribution < -0.4 is 0 Å². The van der Waals surface area contributed by atoms with Crippen molar-refractivity contribution in [3.63, 3.8) is 0 Å². The number of amides is 1. The van der Waals surface area contributed by atoms with E-state index in [-0.39, 0.29) is 11.3 Å². The Morgan fingerprint density at radius 2 is 2.08 bits per heavy atom. The maximum atomic E-state index is 13.1. The summed E-state index contributed by atoms with van der Waals surface area (Å²) < 4.78 is 5.91. The lowest BCUT2D eigenvalue weighted by atomic mass is 9.97. The summed E-state index contributed by atoms with van der Waals surface area (Å²) in [6.45, 7) is 7.22. The molecule has 0 aliphatic carbocycles. The summed E-state index contributed by atoms with van der Waals surface area (Å²) >= 11 is 0. The van der Waals surface area contributed by atoms with E-state index in [1.54, 1.807) is 11.0 Å². The summed E-state index contributed by atoms with van der Waals surface area (Å²) in [6.07, 6.45) is 0.661. The molecule has 26 heavy (non-hydrogen) atoms. The van der Waals surface area contributed by atoms with E-state index in [1.807, 2.05) is 18.2 Å². The lowest BCUT2D eigenvalue weighted by Gasteiger charge is -2.26. The fourth-order valence-electron chi connectivity index (χ4n) is 3.00. The summed E-state index contributed by atoms with van der Waals surface area (Å²) in [5, 5.41) is 14.0. The van der Waals surface area contributed by atoms with Crippen LogP contribution in [0.15, 0.2) is 28.7 Å². The molecule has 1 N–H and O–H groups in total. The average Bonchev–Trinajstić information content (AvgIpc) is 3.29. The van der Waals surface area contributed by atoms with Gasteiger partial charge in [-0.25, -0.2) is 4.98 Å². The van der Waals surface area contributed by atoms with Crippen molar-refractivity contribution in [2.45, 2.75) is 39.2 Å². The summed E-state index contributed by atoms with van der Waals surface area (Å²) in [4.78, 5) is 19.5. The van der Waals surface area contributed by atoms with Gasteiger partial charge in [-0.2, -0.15) is 5.21 Å². The minimum Gasteiger partial charge on any atom is -0.445 e. The maximum Gasteiger partial charge on any atom is 0.254 e. The molecule has 1 amide bonds. The van der Waals surface area contributed by atoms with Gasteiger partial charge in [0.25, 0.3) is 5.91 Å². The number of aromatic nitrogens is 5. The number of carbonyl (C=O) groups excluding carboxylic acids is 1. The Morgan fingerprint density at radius 1 is 1.27 bits per heavy atom. The van der Waals surface area contributed by atoms with Gasteiger partial charge in [0, 0.05) is 23.9 Å². The van der Waals surface area contributed by atoms with Crippen molar-refractivity contribution in [3.8, 4) is 11.4 Å². The number of nitrogens with one attached hydrogen (secondary N) is 1. The monoisotopic (exact) mass is 352 g/mol. The number of tetrazole rings is 1. The molecule has 3 aromatic rings. The van der Waals surface area contributed by atoms with E-state index in [9.17, 15) is 4.79 Å². The van der Waals surface area contributed by atoms with E-state index >= 15 is 0 Å². The van der Waals surface area contributed by atoms with Crippen molar-refractivity contribution >= 4 is 5.91 Å². The number of rotatable bonds is 2. The fourth-order valence-corrected chi connectivity index (χ4v) is 3.00. The molecular weight excluding hydrogens is 332 g/mol. The van der Waals surface area contributed by atoms with E-state index in [0.29, 0.717) is 42.4 Å². The lowest BCUT2D eigenvalue weighted by Crippen LogP contribution is -2.36. The van der Waals surface area contributed by atoms with E-state index in [2.05, 4.69) is 46.4 Å². The Balaban J connectivity index is 1.62. The van der Waals surface area contributed by atoms with Crippen LogP contribution >= 0.6 is 0 Å². The molecule has 0 unspecified atom stereocenters. The number of fused-ring (bicyclic) bond motifs is 1. The lowest BCUT2D eigenvalue weighted by molar-refractivity contribution is 0.0728. The first-order valence-corrected chi connectivity index (χ1v) is 8.54. The van der Waals surface area contributed by atoms with Crippen molar-refractivity contribution in [2.24, 2.45) is 0 Å². The Morgan fingerprint density at radius 3 is 2.81 bits per heavy atom. The van der Waals surface area contributed by atoms with E-state index in [4.69, 9.17) is 4.42 Å². The maximum absolute atomic E-state index is 13.1. The minimum absolute atomic E-state index is 0.0728. The Kier molecular flexibility index (Phi) is 3.82. The molecule has 1 aliphatic rings. The molecular formula is C18H20N6O2. The first-order valence-electron chi connectivity index (χ1n) is 8.54. The predicted octanol–water partition coefficient (Wildman–Crippen LogP) is 2.35. The largest absolute Gasteiger partial charge is 0.445 e. The van der Waals surface area contributed by atoms with Crippen molar-refractivity contribution in [3.05, 3.63) is 47.2 Å². The van der Waals surface area contributed by atoms with Crippen molar-refractivity contribution in [1.29, 1.82) is 0 Å². The highest BCUT2D eigenvalue weighted by Crippen LogP contribution is 2.29. The molecule has 0 bridgehead atoms. The zero-order valence-corrected chi connectivity index (χ0v) is 15.0. The number of oxazole rings is 1. The summed E-state index contributed by atoms with van der Waals surface area (Å²) in [7, 11) is 0. The number of benzene rings is 1. The standard InChI is InChI=1S/C18H20N6O2/c1-18(2,3)17-19-13-10-24(9-8-14(13)26-17)16(25)12-7-5-4-6-11(12)15-20-22-23-21-15/h4-7H,8-10H2,1-3H3,(H,20,21,22,23). The van der Waals surface area contributed by atoms with Gasteiger partial charge >= 0.3 is 0 Å². The number of nitrogens with zero attached hydrogens (tertiary/aromatic N) is 5. The van der Waals surface area contributed by atoms with Crippen LogP contribution in [0.5, 0.6) is 0 Å². The Bertz CT molecular complexity index is 939. The van der Waals surface area contributed by atoms with E-state index < -0.39 is 0 Å². The fraction of sp³-hybridized carbons (Fsp3) is 0.389. The summed E-state index contributed by atoms with van der Waals surface area (Å²) in [5.41, 5.74) is 1.90. The second kappa shape index (κ2) is 6.05. The molecule has 3 heterocycles. The Labute approximate surface area is 150 Å². The highest BCUT2D eigenvalue weighted by atomic mass is 16.4. The molecule has 1 aromatic carbocycles. The molecule has 0 saturated carbocycles. The SMILES string of the molecule is CC(C)(C)c1nc2c(o1)CCN(C(=O)c1ccccc1-c1nn[nH]n1)C2. The quantitative estimate of drug-likeness (QED) is 0.760. The molecule has 8 nitrogen and oxygen atoms in total. The first kappa shape index (κ1) is 16.4. The van der Waals surface area contributed by atoms with Gasteiger partial charge in [-0.1, -0.05) is 39.0 Å². The molecule has 4 rings (SSSR count). The smallest absolute Gasteiger partial charge is 0.254 e. The predicted molar refractivity (Wildman–Crippen MR) is 93.3 cm³/mol. The molecule has 8 heteroatoms. The van der Waals surface area contributed by atoms with Crippen LogP contribution in [-0.4, -0.2) is 43.0 Å². The van der Waals surface area contributed by atoms with Gasteiger partial charge in [0.15, 0.2) is 5.89 Å². The van der Waals surface area contributed by atoms with Gasteiger partial charge in [-0.15, -0.1) is 10.2 Å². The first-order chi connectivity index (χ1) is 12.4. The van der Waals surface area contributed by atoms with Crippen LogP contribution in [0.2, 0.25) is 0 Å². The number of hydrogen-bond donors (Lipinski definition) is 1. The average molecular weight is 352 g/mol. The third kappa shape index (κ3) is 2.87. The van der Waals surface area contributed by atoms with Crippen LogP contribution in [0.4, 0.5) is 0 Å². The molecule has 134 valence electrons. The highest BCUT2D eigenvalue weighted by Gasteiger charge is 2.30. The summed E-state index contributed by atoms with van der Waals surface area (Å²) in [5.74, 6) is 1.92. The van der Waals surface area contributed by atoms with Gasteiger partial charge in [-0.05, 0) is 11.3 Å². The van der Waals surface area contributed by atoms with Gasteiger partial charge in [0.2, 0.25) is 5.82 Å².